The summed E-state index contributed by atoms with van der Waals surface area (Å²) in [7, 11) is 0. The van der Waals surface area contributed by atoms with E-state index in [0.29, 0.717) is 33.1 Å². The molecule has 1 amide bonds. The summed E-state index contributed by atoms with van der Waals surface area (Å²) in [6, 6.07) is 20.2. The zero-order valence-corrected chi connectivity index (χ0v) is 22.7. The van der Waals surface area contributed by atoms with Gasteiger partial charge in [0.15, 0.2) is 10.7 Å². The lowest BCUT2D eigenvalue weighted by Gasteiger charge is -2.08. The maximum atomic E-state index is 12.3. The molecule has 9 heteroatoms. The predicted molar refractivity (Wildman–Crippen MR) is 156 cm³/mol. The molecule has 190 valence electrons. The number of halogens is 2. The third-order valence-electron chi connectivity index (χ3n) is 5.62. The fraction of sp³-hybridized carbons (Fsp3) is 0.0690. The number of carbonyl (C=O) groups excluding carboxylic acids is 1. The largest absolute Gasteiger partial charge is 0.457 e. The Morgan fingerprint density at radius 2 is 1.66 bits per heavy atom. The quantitative estimate of drug-likeness (QED) is 0.166. The lowest BCUT2D eigenvalue weighted by molar-refractivity contribution is -0.115. The number of nitrogens with zero attached hydrogens (tertiary/aromatic N) is 1. The van der Waals surface area contributed by atoms with E-state index in [2.05, 4.69) is 21.7 Å². The van der Waals surface area contributed by atoms with Crippen LogP contribution in [0.25, 0.3) is 40.0 Å². The number of carbonyl (C=O) groups is 1. The number of hydrogen-bond acceptors (Lipinski definition) is 5. The van der Waals surface area contributed by atoms with E-state index in [-0.39, 0.29) is 5.11 Å². The molecule has 3 aromatic carbocycles. The van der Waals surface area contributed by atoms with Crippen molar-refractivity contribution in [3.8, 4) is 22.8 Å². The maximum absolute atomic E-state index is 12.3. The highest BCUT2D eigenvalue weighted by Gasteiger charge is 2.11. The van der Waals surface area contributed by atoms with Crippen molar-refractivity contribution in [3.63, 3.8) is 0 Å². The van der Waals surface area contributed by atoms with Gasteiger partial charge in [0.25, 0.3) is 0 Å². The molecule has 0 aliphatic rings. The van der Waals surface area contributed by atoms with E-state index in [0.717, 1.165) is 33.4 Å². The van der Waals surface area contributed by atoms with Crippen LogP contribution in [0.2, 0.25) is 10.0 Å². The number of fused-ring (bicyclic) bond motifs is 1. The van der Waals surface area contributed by atoms with E-state index in [1.54, 1.807) is 36.4 Å². The van der Waals surface area contributed by atoms with Crippen molar-refractivity contribution in [2.45, 2.75) is 13.8 Å². The van der Waals surface area contributed by atoms with E-state index < -0.39 is 5.91 Å². The molecule has 0 saturated carbocycles. The normalized spacial score (nSPS) is 11.3. The molecule has 0 spiro atoms. The third-order valence-corrected chi connectivity index (χ3v) is 6.26. The summed E-state index contributed by atoms with van der Waals surface area (Å²) in [5.74, 6) is 1.21. The van der Waals surface area contributed by atoms with Gasteiger partial charge in [-0.3, -0.25) is 10.1 Å². The van der Waals surface area contributed by atoms with Crippen molar-refractivity contribution >= 4 is 69.3 Å². The molecule has 0 radical (unpaired) electrons. The highest BCUT2D eigenvalue weighted by Crippen LogP contribution is 2.30. The molecule has 38 heavy (non-hydrogen) atoms. The summed E-state index contributed by atoms with van der Waals surface area (Å²) < 4.78 is 11.7. The van der Waals surface area contributed by atoms with Crippen LogP contribution < -0.4 is 10.6 Å². The van der Waals surface area contributed by atoms with Crippen LogP contribution in [0.4, 0.5) is 5.69 Å². The number of aryl methyl sites for hydroxylation is 2. The van der Waals surface area contributed by atoms with Crippen molar-refractivity contribution in [2.24, 2.45) is 0 Å². The molecular weight excluding hydrogens is 541 g/mol. The third kappa shape index (κ3) is 5.97. The average molecular weight is 562 g/mol. The first-order valence-corrected chi connectivity index (χ1v) is 12.7. The Hall–Kier alpha value is -3.91. The van der Waals surface area contributed by atoms with Gasteiger partial charge < -0.3 is 14.2 Å². The molecular formula is C29H21Cl2N3O3S. The van der Waals surface area contributed by atoms with E-state index in [4.69, 9.17) is 44.3 Å². The van der Waals surface area contributed by atoms with Gasteiger partial charge in [-0.15, -0.1) is 0 Å². The van der Waals surface area contributed by atoms with Crippen LogP contribution >= 0.6 is 35.4 Å². The minimum absolute atomic E-state index is 0.161. The maximum Gasteiger partial charge on any atom is 0.250 e. The number of hydrogen-bond donors (Lipinski definition) is 2. The van der Waals surface area contributed by atoms with Crippen LogP contribution in [0.15, 0.2) is 81.6 Å². The van der Waals surface area contributed by atoms with E-state index in [1.807, 2.05) is 44.2 Å². The molecule has 2 N–H and O–H groups in total. The van der Waals surface area contributed by atoms with Gasteiger partial charge >= 0.3 is 0 Å². The SMILES string of the molecule is Cc1cc(C)c2oc(-c3ccc(NC(=S)NC(=O)/C=C/c4ccc(-c5cc(Cl)cc(Cl)c5)o4)cc3)nc2c1. The van der Waals surface area contributed by atoms with Crippen LogP contribution in [0, 0.1) is 13.8 Å². The van der Waals surface area contributed by atoms with Gasteiger partial charge in [-0.05, 0) is 104 Å². The molecule has 2 aromatic heterocycles. The minimum atomic E-state index is -0.403. The molecule has 0 saturated heterocycles. The number of aromatic nitrogens is 1. The Morgan fingerprint density at radius 3 is 2.39 bits per heavy atom. The fourth-order valence-corrected chi connectivity index (χ4v) is 4.71. The van der Waals surface area contributed by atoms with E-state index in [9.17, 15) is 4.79 Å². The second kappa shape index (κ2) is 10.8. The van der Waals surface area contributed by atoms with Crippen molar-refractivity contribution < 1.29 is 13.6 Å². The molecule has 2 heterocycles. The van der Waals surface area contributed by atoms with Gasteiger partial charge in [0.2, 0.25) is 11.8 Å². The Kier molecular flexibility index (Phi) is 7.33. The zero-order valence-electron chi connectivity index (χ0n) is 20.3. The van der Waals surface area contributed by atoms with E-state index >= 15 is 0 Å². The number of rotatable bonds is 5. The standard InChI is InChI=1S/C29H21Cl2N3O3S/c1-16-11-17(2)27-24(12-16)33-28(37-27)18-3-5-22(6-4-18)32-29(38)34-26(35)10-8-23-7-9-25(36-23)19-13-20(30)15-21(31)14-19/h3-15H,1-2H3,(H2,32,34,35,38)/b10-8+. The second-order valence-corrected chi connectivity index (χ2v) is 9.94. The lowest BCUT2D eigenvalue weighted by Crippen LogP contribution is -2.32. The molecule has 0 unspecified atom stereocenters. The summed E-state index contributed by atoms with van der Waals surface area (Å²) in [5.41, 5.74) is 6.08. The number of anilines is 1. The summed E-state index contributed by atoms with van der Waals surface area (Å²) in [6.45, 7) is 4.04. The molecule has 0 atom stereocenters. The molecule has 0 aliphatic heterocycles. The molecule has 0 bridgehead atoms. The van der Waals surface area contributed by atoms with E-state index in [1.165, 1.54) is 6.08 Å². The average Bonchev–Trinajstić information content (AvgIpc) is 3.50. The number of amides is 1. The molecule has 5 rings (SSSR count). The Morgan fingerprint density at radius 1 is 0.921 bits per heavy atom. The number of oxazole rings is 1. The summed E-state index contributed by atoms with van der Waals surface area (Å²) in [5, 5.41) is 6.78. The minimum Gasteiger partial charge on any atom is -0.457 e. The van der Waals surface area contributed by atoms with Gasteiger partial charge in [-0.2, -0.15) is 0 Å². The van der Waals surface area contributed by atoms with Gasteiger partial charge in [-0.1, -0.05) is 29.3 Å². The van der Waals surface area contributed by atoms with Gasteiger partial charge in [0.1, 0.15) is 17.0 Å². The van der Waals surface area contributed by atoms with Crippen LogP contribution in [-0.2, 0) is 4.79 Å². The first-order valence-electron chi connectivity index (χ1n) is 11.6. The van der Waals surface area contributed by atoms with Crippen molar-refractivity contribution in [1.82, 2.24) is 10.3 Å². The predicted octanol–water partition coefficient (Wildman–Crippen LogP) is 8.20. The Labute approximate surface area is 234 Å². The van der Waals surface area contributed by atoms with Gasteiger partial charge in [0, 0.05) is 32.9 Å². The van der Waals surface area contributed by atoms with Gasteiger partial charge in [-0.25, -0.2) is 4.98 Å². The van der Waals surface area contributed by atoms with Crippen molar-refractivity contribution in [2.75, 3.05) is 5.32 Å². The monoisotopic (exact) mass is 561 g/mol. The summed E-state index contributed by atoms with van der Waals surface area (Å²) >= 11 is 17.4. The number of nitrogens with one attached hydrogen (secondary N) is 2. The van der Waals surface area contributed by atoms with Crippen LogP contribution in [0.3, 0.4) is 0 Å². The summed E-state index contributed by atoms with van der Waals surface area (Å²) in [4.78, 5) is 16.9. The fourth-order valence-electron chi connectivity index (χ4n) is 3.96. The second-order valence-electron chi connectivity index (χ2n) is 8.66. The smallest absolute Gasteiger partial charge is 0.250 e. The van der Waals surface area contributed by atoms with Crippen molar-refractivity contribution in [1.29, 1.82) is 0 Å². The molecule has 6 nitrogen and oxygen atoms in total. The first kappa shape index (κ1) is 25.7. The number of furan rings is 1. The first-order chi connectivity index (χ1) is 18.2. The molecule has 5 aromatic rings. The summed E-state index contributed by atoms with van der Waals surface area (Å²) in [6.07, 6.45) is 2.88. The number of thiocarbonyl (C=S) groups is 1. The highest BCUT2D eigenvalue weighted by molar-refractivity contribution is 7.80. The van der Waals surface area contributed by atoms with Crippen LogP contribution in [0.1, 0.15) is 16.9 Å². The molecule has 0 fully saturated rings. The lowest BCUT2D eigenvalue weighted by atomic mass is 10.1. The zero-order chi connectivity index (χ0) is 26.8. The Balaban J connectivity index is 1.18. The molecule has 0 aliphatic carbocycles. The topological polar surface area (TPSA) is 80.3 Å². The Bertz CT molecular complexity index is 1680. The van der Waals surface area contributed by atoms with Crippen molar-refractivity contribution in [3.05, 3.63) is 99.7 Å². The van der Waals surface area contributed by atoms with Crippen LogP contribution in [-0.4, -0.2) is 16.0 Å². The number of benzene rings is 3. The van der Waals surface area contributed by atoms with Crippen LogP contribution in [0.5, 0.6) is 0 Å². The van der Waals surface area contributed by atoms with Gasteiger partial charge in [0.05, 0.1) is 0 Å². The highest BCUT2D eigenvalue weighted by atomic mass is 35.5.